The molecule has 2 aliphatic rings. The van der Waals surface area contributed by atoms with Gasteiger partial charge in [0.15, 0.2) is 0 Å². The molecule has 1 saturated heterocycles. The molecule has 0 aromatic carbocycles. The number of aryl methyl sites for hydroxylation is 1. The maximum atomic E-state index is 12.0. The van der Waals surface area contributed by atoms with Gasteiger partial charge in [-0.15, -0.1) is 0 Å². The summed E-state index contributed by atoms with van der Waals surface area (Å²) in [6.07, 6.45) is 3.72. The summed E-state index contributed by atoms with van der Waals surface area (Å²) in [5.41, 5.74) is -0.406. The molecule has 110 valence electrons. The highest BCUT2D eigenvalue weighted by Gasteiger charge is 2.56. The molecule has 20 heavy (non-hydrogen) atoms. The van der Waals surface area contributed by atoms with Crippen LogP contribution in [-0.4, -0.2) is 39.2 Å². The van der Waals surface area contributed by atoms with E-state index in [1.165, 1.54) is 0 Å². The molecular weight excluding hydrogens is 254 g/mol. The fourth-order valence-corrected chi connectivity index (χ4v) is 3.22. The number of carbonyl (C=O) groups excluding carboxylic acids is 1. The molecule has 3 rings (SSSR count). The zero-order valence-electron chi connectivity index (χ0n) is 12.7. The third kappa shape index (κ3) is 2.53. The van der Waals surface area contributed by atoms with Crippen LogP contribution in [0.5, 0.6) is 0 Å². The first-order valence-corrected chi connectivity index (χ1v) is 7.31. The fraction of sp³-hybridized carbons (Fsp3) is 0.733. The van der Waals surface area contributed by atoms with Crippen molar-refractivity contribution >= 4 is 6.09 Å². The van der Waals surface area contributed by atoms with Crippen molar-refractivity contribution in [3.05, 3.63) is 18.2 Å². The maximum absolute atomic E-state index is 12.0. The second-order valence-corrected chi connectivity index (χ2v) is 7.00. The van der Waals surface area contributed by atoms with Crippen molar-refractivity contribution in [3.63, 3.8) is 0 Å². The molecule has 2 unspecified atom stereocenters. The largest absolute Gasteiger partial charge is 0.444 e. The van der Waals surface area contributed by atoms with E-state index >= 15 is 0 Å². The minimum atomic E-state index is -0.406. The maximum Gasteiger partial charge on any atom is 0.410 e. The van der Waals surface area contributed by atoms with Gasteiger partial charge in [0.25, 0.3) is 0 Å². The average molecular weight is 277 g/mol. The van der Waals surface area contributed by atoms with E-state index in [2.05, 4.69) is 9.55 Å². The van der Waals surface area contributed by atoms with E-state index in [1.54, 1.807) is 0 Å². The van der Waals surface area contributed by atoms with Crippen molar-refractivity contribution in [1.82, 2.24) is 14.5 Å². The molecular formula is C15H23N3O2. The first-order valence-electron chi connectivity index (χ1n) is 7.31. The minimum absolute atomic E-state index is 0.165. The second-order valence-electron chi connectivity index (χ2n) is 7.00. The number of fused-ring (bicyclic) bond motifs is 1. The van der Waals surface area contributed by atoms with Crippen molar-refractivity contribution in [2.24, 2.45) is 17.8 Å². The van der Waals surface area contributed by atoms with Crippen LogP contribution in [-0.2, 0) is 11.3 Å². The van der Waals surface area contributed by atoms with Crippen LogP contribution in [0.1, 0.15) is 26.6 Å². The molecule has 5 heteroatoms. The van der Waals surface area contributed by atoms with Gasteiger partial charge in [0.1, 0.15) is 11.4 Å². The monoisotopic (exact) mass is 277 g/mol. The van der Waals surface area contributed by atoms with Crippen LogP contribution < -0.4 is 0 Å². The van der Waals surface area contributed by atoms with Crippen LogP contribution in [0.4, 0.5) is 4.79 Å². The Balaban J connectivity index is 1.51. The molecule has 1 aromatic rings. The third-order valence-corrected chi connectivity index (χ3v) is 4.35. The van der Waals surface area contributed by atoms with Crippen LogP contribution in [0.3, 0.4) is 0 Å². The Morgan fingerprint density at radius 2 is 2.05 bits per heavy atom. The second kappa shape index (κ2) is 4.50. The highest BCUT2D eigenvalue weighted by atomic mass is 16.6. The van der Waals surface area contributed by atoms with Gasteiger partial charge in [0, 0.05) is 32.0 Å². The molecule has 1 aliphatic heterocycles. The minimum Gasteiger partial charge on any atom is -0.444 e. The fourth-order valence-electron chi connectivity index (χ4n) is 3.22. The quantitative estimate of drug-likeness (QED) is 0.833. The van der Waals surface area contributed by atoms with Crippen molar-refractivity contribution in [1.29, 1.82) is 0 Å². The lowest BCUT2D eigenvalue weighted by Crippen LogP contribution is -2.37. The van der Waals surface area contributed by atoms with Crippen LogP contribution in [0, 0.1) is 24.7 Å². The highest BCUT2D eigenvalue weighted by Crippen LogP contribution is 2.52. The smallest absolute Gasteiger partial charge is 0.410 e. The summed E-state index contributed by atoms with van der Waals surface area (Å²) in [7, 11) is 0. The number of hydrogen-bond acceptors (Lipinski definition) is 3. The van der Waals surface area contributed by atoms with Crippen molar-refractivity contribution in [2.45, 2.75) is 39.8 Å². The number of nitrogens with zero attached hydrogens (tertiary/aromatic N) is 3. The summed E-state index contributed by atoms with van der Waals surface area (Å²) in [5.74, 6) is 3.05. The standard InChI is InChI=1S/C15H23N3O2/c1-10-16-5-6-17(10)7-11-12-8-18(9-13(11)12)14(19)20-15(2,3)4/h5-6,11-13H,7-9H2,1-4H3. The summed E-state index contributed by atoms with van der Waals surface area (Å²) >= 11 is 0. The van der Waals surface area contributed by atoms with Gasteiger partial charge in [-0.25, -0.2) is 9.78 Å². The Morgan fingerprint density at radius 1 is 1.40 bits per heavy atom. The summed E-state index contributed by atoms with van der Waals surface area (Å²) in [6.45, 7) is 10.5. The van der Waals surface area contributed by atoms with E-state index < -0.39 is 5.60 Å². The Morgan fingerprint density at radius 3 is 2.55 bits per heavy atom. The van der Waals surface area contributed by atoms with E-state index in [9.17, 15) is 4.79 Å². The lowest BCUT2D eigenvalue weighted by atomic mass is 10.2. The molecule has 0 radical (unpaired) electrons. The third-order valence-electron chi connectivity index (χ3n) is 4.35. The van der Waals surface area contributed by atoms with Crippen LogP contribution >= 0.6 is 0 Å². The molecule has 1 aliphatic carbocycles. The molecule has 5 nitrogen and oxygen atoms in total. The Hall–Kier alpha value is -1.52. The number of piperidine rings is 1. The van der Waals surface area contributed by atoms with Gasteiger partial charge in [-0.3, -0.25) is 0 Å². The van der Waals surface area contributed by atoms with Gasteiger partial charge in [-0.1, -0.05) is 0 Å². The lowest BCUT2D eigenvalue weighted by molar-refractivity contribution is 0.0264. The van der Waals surface area contributed by atoms with Crippen LogP contribution in [0.2, 0.25) is 0 Å². The zero-order chi connectivity index (χ0) is 14.5. The number of carbonyl (C=O) groups is 1. The lowest BCUT2D eigenvalue weighted by Gasteiger charge is -2.26. The normalized spacial score (nSPS) is 28.4. The molecule has 1 amide bonds. The molecule has 1 saturated carbocycles. The summed E-state index contributed by atoms with van der Waals surface area (Å²) in [5, 5.41) is 0. The van der Waals surface area contributed by atoms with Crippen molar-refractivity contribution in [3.8, 4) is 0 Å². The van der Waals surface area contributed by atoms with Gasteiger partial charge < -0.3 is 14.2 Å². The first kappa shape index (κ1) is 13.5. The van der Waals surface area contributed by atoms with Gasteiger partial charge >= 0.3 is 6.09 Å². The molecule has 0 bridgehead atoms. The van der Waals surface area contributed by atoms with Gasteiger partial charge in [0.2, 0.25) is 0 Å². The SMILES string of the molecule is Cc1nccn1CC1C2CN(C(=O)OC(C)(C)C)CC21. The summed E-state index contributed by atoms with van der Waals surface area (Å²) in [4.78, 5) is 18.1. The molecule has 2 atom stereocenters. The van der Waals surface area contributed by atoms with Gasteiger partial charge in [0.05, 0.1) is 0 Å². The van der Waals surface area contributed by atoms with E-state index in [0.29, 0.717) is 17.8 Å². The number of imidazole rings is 1. The molecule has 0 spiro atoms. The topological polar surface area (TPSA) is 47.4 Å². The summed E-state index contributed by atoms with van der Waals surface area (Å²) < 4.78 is 7.63. The number of amides is 1. The van der Waals surface area contributed by atoms with Crippen LogP contribution in [0.25, 0.3) is 0 Å². The van der Waals surface area contributed by atoms with E-state index in [0.717, 1.165) is 25.5 Å². The predicted octanol–water partition coefficient (Wildman–Crippen LogP) is 2.30. The number of likely N-dealkylation sites (tertiary alicyclic amines) is 1. The Bertz CT molecular complexity index is 505. The Kier molecular flexibility index (Phi) is 3.03. The van der Waals surface area contributed by atoms with Gasteiger partial charge in [-0.2, -0.15) is 0 Å². The average Bonchev–Trinajstić information content (AvgIpc) is 2.72. The van der Waals surface area contributed by atoms with Crippen LogP contribution in [0.15, 0.2) is 12.4 Å². The first-order chi connectivity index (χ1) is 9.35. The predicted molar refractivity (Wildman–Crippen MR) is 75.2 cm³/mol. The number of rotatable bonds is 2. The number of aromatic nitrogens is 2. The molecule has 2 fully saturated rings. The zero-order valence-corrected chi connectivity index (χ0v) is 12.7. The highest BCUT2D eigenvalue weighted by molar-refractivity contribution is 5.68. The molecule has 0 N–H and O–H groups in total. The van der Waals surface area contributed by atoms with E-state index in [4.69, 9.17) is 4.74 Å². The van der Waals surface area contributed by atoms with Crippen molar-refractivity contribution in [2.75, 3.05) is 13.1 Å². The number of hydrogen-bond donors (Lipinski definition) is 0. The number of ether oxygens (including phenoxy) is 1. The van der Waals surface area contributed by atoms with E-state index in [1.807, 2.05) is 45.0 Å². The van der Waals surface area contributed by atoms with Crippen molar-refractivity contribution < 1.29 is 9.53 Å². The van der Waals surface area contributed by atoms with E-state index in [-0.39, 0.29) is 6.09 Å². The summed E-state index contributed by atoms with van der Waals surface area (Å²) in [6, 6.07) is 0. The Labute approximate surface area is 119 Å². The van der Waals surface area contributed by atoms with Gasteiger partial charge in [-0.05, 0) is 45.4 Å². The molecule has 2 heterocycles. The molecule has 1 aromatic heterocycles.